The molecule has 2 aliphatic heterocycles. The molecule has 3 aliphatic rings. The van der Waals surface area contributed by atoms with Gasteiger partial charge in [-0.25, -0.2) is 0 Å². The van der Waals surface area contributed by atoms with Crippen LogP contribution < -0.4 is 0 Å². The molecule has 2 heterocycles. The van der Waals surface area contributed by atoms with Gasteiger partial charge in [0.05, 0.1) is 11.7 Å². The Morgan fingerprint density at radius 2 is 1.70 bits per heavy atom. The maximum absolute atomic E-state index is 11.0. The molecule has 1 aliphatic carbocycles. The number of aliphatic hydroxyl groups is 1. The van der Waals surface area contributed by atoms with Gasteiger partial charge in [0.25, 0.3) is 0 Å². The van der Waals surface area contributed by atoms with Crippen LogP contribution in [0.4, 0.5) is 0 Å². The monoisotopic (exact) mass is 282 g/mol. The van der Waals surface area contributed by atoms with E-state index >= 15 is 0 Å². The molecule has 0 aromatic rings. The molecule has 0 amide bonds. The highest BCUT2D eigenvalue weighted by molar-refractivity contribution is 4.96. The number of hydrogen-bond acceptors (Lipinski definition) is 3. The van der Waals surface area contributed by atoms with Crippen molar-refractivity contribution in [2.75, 3.05) is 19.8 Å². The summed E-state index contributed by atoms with van der Waals surface area (Å²) in [7, 11) is 0. The fourth-order valence-electron chi connectivity index (χ4n) is 4.65. The van der Waals surface area contributed by atoms with Gasteiger partial charge in [0, 0.05) is 19.8 Å². The van der Waals surface area contributed by atoms with Crippen molar-refractivity contribution >= 4 is 0 Å². The van der Waals surface area contributed by atoms with Crippen LogP contribution in [0.2, 0.25) is 0 Å². The molecule has 0 aromatic heterocycles. The lowest BCUT2D eigenvalue weighted by atomic mass is 9.65. The minimum Gasteiger partial charge on any atom is -0.392 e. The lowest BCUT2D eigenvalue weighted by Gasteiger charge is -2.48. The summed E-state index contributed by atoms with van der Waals surface area (Å²) in [4.78, 5) is 0. The summed E-state index contributed by atoms with van der Waals surface area (Å²) >= 11 is 0. The van der Waals surface area contributed by atoms with Crippen molar-refractivity contribution in [3.63, 3.8) is 0 Å². The molecule has 3 fully saturated rings. The molecule has 3 rings (SSSR count). The van der Waals surface area contributed by atoms with E-state index in [4.69, 9.17) is 9.47 Å². The van der Waals surface area contributed by atoms with Crippen LogP contribution in [0.3, 0.4) is 0 Å². The van der Waals surface area contributed by atoms with E-state index in [0.29, 0.717) is 5.92 Å². The van der Waals surface area contributed by atoms with E-state index in [1.165, 1.54) is 32.1 Å². The quantitative estimate of drug-likeness (QED) is 0.844. The number of hydrogen-bond donors (Lipinski definition) is 1. The average molecular weight is 282 g/mol. The molecule has 1 N–H and O–H groups in total. The second kappa shape index (κ2) is 5.94. The topological polar surface area (TPSA) is 38.7 Å². The highest BCUT2D eigenvalue weighted by Gasteiger charge is 2.45. The molecule has 0 bridgehead atoms. The first kappa shape index (κ1) is 14.8. The van der Waals surface area contributed by atoms with E-state index in [0.717, 1.165) is 45.5 Å². The van der Waals surface area contributed by atoms with E-state index < -0.39 is 0 Å². The average Bonchev–Trinajstić information content (AvgIpc) is 2.48. The molecule has 0 aromatic carbocycles. The van der Waals surface area contributed by atoms with Crippen LogP contribution >= 0.6 is 0 Å². The summed E-state index contributed by atoms with van der Waals surface area (Å²) in [6.45, 7) is 4.76. The molecule has 116 valence electrons. The highest BCUT2D eigenvalue weighted by atomic mass is 16.5. The van der Waals surface area contributed by atoms with Crippen LogP contribution in [0, 0.1) is 11.3 Å². The van der Waals surface area contributed by atoms with Gasteiger partial charge in [-0.05, 0) is 49.9 Å². The Labute approximate surface area is 123 Å². The summed E-state index contributed by atoms with van der Waals surface area (Å²) in [6, 6.07) is 0. The number of aliphatic hydroxyl groups excluding tert-OH is 1. The Bertz CT molecular complexity index is 297. The maximum atomic E-state index is 11.0. The van der Waals surface area contributed by atoms with Crippen LogP contribution in [0.1, 0.15) is 64.7 Å². The Balaban J connectivity index is 1.66. The summed E-state index contributed by atoms with van der Waals surface area (Å²) in [5.41, 5.74) is 0.153. The predicted molar refractivity (Wildman–Crippen MR) is 78.7 cm³/mol. The van der Waals surface area contributed by atoms with Gasteiger partial charge >= 0.3 is 0 Å². The SMILES string of the molecule is CC1(C(O)C2CCOC3(CCOCC3)C2)CCCCC1. The van der Waals surface area contributed by atoms with Gasteiger partial charge in [0.1, 0.15) is 0 Å². The summed E-state index contributed by atoms with van der Waals surface area (Å²) in [5.74, 6) is 0.421. The van der Waals surface area contributed by atoms with Crippen molar-refractivity contribution in [1.82, 2.24) is 0 Å². The predicted octanol–water partition coefficient (Wildman–Crippen LogP) is 3.29. The lowest BCUT2D eigenvalue weighted by molar-refractivity contribution is -0.170. The zero-order valence-electron chi connectivity index (χ0n) is 12.9. The highest BCUT2D eigenvalue weighted by Crippen LogP contribution is 2.46. The summed E-state index contributed by atoms with van der Waals surface area (Å²) < 4.78 is 11.6. The van der Waals surface area contributed by atoms with Gasteiger partial charge in [-0.15, -0.1) is 0 Å². The first-order valence-electron chi connectivity index (χ1n) is 8.53. The third-order valence-corrected chi connectivity index (χ3v) is 6.09. The third kappa shape index (κ3) is 2.90. The van der Waals surface area contributed by atoms with Crippen molar-refractivity contribution in [2.24, 2.45) is 11.3 Å². The summed E-state index contributed by atoms with van der Waals surface area (Å²) in [5, 5.41) is 11.0. The Hall–Kier alpha value is -0.120. The molecule has 3 heteroatoms. The minimum atomic E-state index is -0.147. The maximum Gasteiger partial charge on any atom is 0.0730 e. The van der Waals surface area contributed by atoms with Crippen LogP contribution in [-0.2, 0) is 9.47 Å². The molecule has 2 saturated heterocycles. The van der Waals surface area contributed by atoms with Gasteiger partial charge in [-0.3, -0.25) is 0 Å². The normalized spacial score (nSPS) is 34.8. The standard InChI is InChI=1S/C17H30O3/c1-16(6-3-2-4-7-16)15(18)14-5-10-20-17(13-14)8-11-19-12-9-17/h14-15,18H,2-13H2,1H3. The Morgan fingerprint density at radius 3 is 2.40 bits per heavy atom. The smallest absolute Gasteiger partial charge is 0.0730 e. The minimum absolute atomic E-state index is 0.00712. The third-order valence-electron chi connectivity index (χ3n) is 6.09. The molecule has 1 saturated carbocycles. The van der Waals surface area contributed by atoms with Gasteiger partial charge in [0.15, 0.2) is 0 Å². The lowest BCUT2D eigenvalue weighted by Crippen LogP contribution is -2.50. The van der Waals surface area contributed by atoms with Crippen molar-refractivity contribution < 1.29 is 14.6 Å². The largest absolute Gasteiger partial charge is 0.392 e. The fourth-order valence-corrected chi connectivity index (χ4v) is 4.65. The van der Waals surface area contributed by atoms with Gasteiger partial charge in [-0.1, -0.05) is 26.2 Å². The molecule has 3 nitrogen and oxygen atoms in total. The van der Waals surface area contributed by atoms with Crippen LogP contribution in [0.25, 0.3) is 0 Å². The number of ether oxygens (including phenoxy) is 2. The van der Waals surface area contributed by atoms with Crippen molar-refractivity contribution in [3.8, 4) is 0 Å². The van der Waals surface area contributed by atoms with Crippen molar-refractivity contribution in [1.29, 1.82) is 0 Å². The van der Waals surface area contributed by atoms with Crippen molar-refractivity contribution in [2.45, 2.75) is 76.4 Å². The Kier molecular flexibility index (Phi) is 4.40. The van der Waals surface area contributed by atoms with E-state index in [9.17, 15) is 5.11 Å². The molecule has 1 spiro atoms. The van der Waals surface area contributed by atoms with Gasteiger partial charge < -0.3 is 14.6 Å². The fraction of sp³-hybridized carbons (Fsp3) is 1.00. The zero-order chi connectivity index (χ0) is 14.1. The molecule has 2 atom stereocenters. The Morgan fingerprint density at radius 1 is 1.00 bits per heavy atom. The molecular formula is C17H30O3. The molecule has 20 heavy (non-hydrogen) atoms. The second-order valence-corrected chi connectivity index (χ2v) is 7.56. The van der Waals surface area contributed by atoms with Gasteiger partial charge in [-0.2, -0.15) is 0 Å². The number of rotatable bonds is 2. The second-order valence-electron chi connectivity index (χ2n) is 7.56. The van der Waals surface area contributed by atoms with E-state index in [2.05, 4.69) is 6.92 Å². The van der Waals surface area contributed by atoms with E-state index in [1.54, 1.807) is 0 Å². The van der Waals surface area contributed by atoms with Crippen LogP contribution in [0.15, 0.2) is 0 Å². The molecular weight excluding hydrogens is 252 g/mol. The van der Waals surface area contributed by atoms with Crippen LogP contribution in [0.5, 0.6) is 0 Å². The van der Waals surface area contributed by atoms with Gasteiger partial charge in [0.2, 0.25) is 0 Å². The first-order valence-corrected chi connectivity index (χ1v) is 8.53. The zero-order valence-corrected chi connectivity index (χ0v) is 12.9. The molecule has 0 radical (unpaired) electrons. The van der Waals surface area contributed by atoms with E-state index in [-0.39, 0.29) is 17.1 Å². The first-order chi connectivity index (χ1) is 9.64. The van der Waals surface area contributed by atoms with Crippen molar-refractivity contribution in [3.05, 3.63) is 0 Å². The molecule has 2 unspecified atom stereocenters. The van der Waals surface area contributed by atoms with E-state index in [1.807, 2.05) is 0 Å². The summed E-state index contributed by atoms with van der Waals surface area (Å²) in [6.07, 6.45) is 10.2. The van der Waals surface area contributed by atoms with Crippen LogP contribution in [-0.4, -0.2) is 36.6 Å².